The van der Waals surface area contributed by atoms with Gasteiger partial charge in [0.15, 0.2) is 12.4 Å². The van der Waals surface area contributed by atoms with Gasteiger partial charge < -0.3 is 20.9 Å². The second-order valence-corrected chi connectivity index (χ2v) is 6.28. The largest absolute Gasteiger partial charge is 0.487 e. The van der Waals surface area contributed by atoms with Crippen molar-refractivity contribution >= 4 is 29.2 Å². The second-order valence-electron chi connectivity index (χ2n) is 5.22. The van der Waals surface area contributed by atoms with E-state index in [1.807, 2.05) is 12.3 Å². The van der Waals surface area contributed by atoms with Crippen molar-refractivity contribution in [3.63, 3.8) is 0 Å². The predicted molar refractivity (Wildman–Crippen MR) is 95.4 cm³/mol. The first-order chi connectivity index (χ1) is 12.5. The summed E-state index contributed by atoms with van der Waals surface area (Å²) in [6.07, 6.45) is 0. The van der Waals surface area contributed by atoms with Gasteiger partial charge in [-0.3, -0.25) is 0 Å². The zero-order valence-corrected chi connectivity index (χ0v) is 14.7. The quantitative estimate of drug-likeness (QED) is 0.619. The number of anilines is 2. The number of hydrogen-bond acceptors (Lipinski definition) is 10. The Morgan fingerprint density at radius 1 is 1.12 bits per heavy atom. The summed E-state index contributed by atoms with van der Waals surface area (Å²) in [6, 6.07) is 6.68. The van der Waals surface area contributed by atoms with E-state index in [-0.39, 0.29) is 24.3 Å². The van der Waals surface area contributed by atoms with Gasteiger partial charge in [0, 0.05) is 5.38 Å². The van der Waals surface area contributed by atoms with Crippen LogP contribution in [0.3, 0.4) is 0 Å². The minimum absolute atomic E-state index is 0.0313. The number of hydrogen-bond donors (Lipinski definition) is 2. The Kier molecular flexibility index (Phi) is 5.23. The van der Waals surface area contributed by atoms with Crippen molar-refractivity contribution < 1.29 is 14.3 Å². The first kappa shape index (κ1) is 17.5. The van der Waals surface area contributed by atoms with E-state index < -0.39 is 5.97 Å². The van der Waals surface area contributed by atoms with Crippen LogP contribution >= 0.6 is 11.3 Å². The lowest BCUT2D eigenvalue weighted by atomic mass is 10.2. The predicted octanol–water partition coefficient (Wildman–Crippen LogP) is 1.74. The number of nitrogens with zero attached hydrogens (tertiary/aromatic N) is 4. The van der Waals surface area contributed by atoms with Crippen LogP contribution in [0.25, 0.3) is 0 Å². The Balaban J connectivity index is 1.60. The molecule has 0 fully saturated rings. The molecular formula is C16H16N6O3S. The summed E-state index contributed by atoms with van der Waals surface area (Å²) in [5, 5.41) is 2.90. The summed E-state index contributed by atoms with van der Waals surface area (Å²) in [4.78, 5) is 27.9. The van der Waals surface area contributed by atoms with Crippen molar-refractivity contribution in [2.45, 2.75) is 20.1 Å². The van der Waals surface area contributed by atoms with Crippen molar-refractivity contribution in [1.82, 2.24) is 19.9 Å². The molecule has 0 atom stereocenters. The minimum Gasteiger partial charge on any atom is -0.487 e. The average molecular weight is 372 g/mol. The summed E-state index contributed by atoms with van der Waals surface area (Å²) in [5.41, 5.74) is 12.1. The third kappa shape index (κ3) is 4.63. The SMILES string of the molecule is Cc1nc(COc2cccc(C(=O)OCc3nc(N)nc(N)n3)c2)cs1. The molecule has 0 spiro atoms. The number of aromatic nitrogens is 4. The lowest BCUT2D eigenvalue weighted by Crippen LogP contribution is -2.11. The van der Waals surface area contributed by atoms with Crippen molar-refractivity contribution in [3.8, 4) is 5.75 Å². The van der Waals surface area contributed by atoms with Crippen molar-refractivity contribution in [2.24, 2.45) is 0 Å². The first-order valence-electron chi connectivity index (χ1n) is 7.56. The van der Waals surface area contributed by atoms with E-state index in [0.717, 1.165) is 10.7 Å². The number of thiazole rings is 1. The smallest absolute Gasteiger partial charge is 0.338 e. The van der Waals surface area contributed by atoms with Crippen LogP contribution in [0.15, 0.2) is 29.6 Å². The number of ether oxygens (including phenoxy) is 2. The van der Waals surface area contributed by atoms with Crippen LogP contribution in [0, 0.1) is 6.92 Å². The highest BCUT2D eigenvalue weighted by atomic mass is 32.1. The fourth-order valence-corrected chi connectivity index (χ4v) is 2.68. The van der Waals surface area contributed by atoms with Gasteiger partial charge in [0.05, 0.1) is 16.3 Å². The number of carbonyl (C=O) groups is 1. The number of aryl methyl sites for hydroxylation is 1. The number of carbonyl (C=O) groups excluding carboxylic acids is 1. The van der Waals surface area contributed by atoms with Crippen LogP contribution in [-0.4, -0.2) is 25.9 Å². The molecule has 0 unspecified atom stereocenters. The molecule has 0 bridgehead atoms. The van der Waals surface area contributed by atoms with Crippen molar-refractivity contribution in [2.75, 3.05) is 11.5 Å². The van der Waals surface area contributed by atoms with Gasteiger partial charge >= 0.3 is 5.97 Å². The van der Waals surface area contributed by atoms with E-state index in [1.165, 1.54) is 0 Å². The molecule has 3 rings (SSSR count). The van der Waals surface area contributed by atoms with Gasteiger partial charge in [-0.1, -0.05) is 6.07 Å². The highest BCUT2D eigenvalue weighted by Gasteiger charge is 2.11. The Morgan fingerprint density at radius 3 is 2.58 bits per heavy atom. The van der Waals surface area contributed by atoms with Crippen molar-refractivity contribution in [3.05, 3.63) is 51.7 Å². The Bertz CT molecular complexity index is 910. The maximum absolute atomic E-state index is 12.2. The van der Waals surface area contributed by atoms with Gasteiger partial charge in [-0.2, -0.15) is 15.0 Å². The van der Waals surface area contributed by atoms with Crippen LogP contribution in [0.2, 0.25) is 0 Å². The number of esters is 1. The molecule has 0 aliphatic rings. The zero-order chi connectivity index (χ0) is 18.5. The summed E-state index contributed by atoms with van der Waals surface area (Å²) >= 11 is 1.55. The lowest BCUT2D eigenvalue weighted by molar-refractivity contribution is 0.0461. The van der Waals surface area contributed by atoms with E-state index in [4.69, 9.17) is 20.9 Å². The maximum Gasteiger partial charge on any atom is 0.338 e. The molecule has 0 saturated carbocycles. The first-order valence-corrected chi connectivity index (χ1v) is 8.44. The summed E-state index contributed by atoms with van der Waals surface area (Å²) in [6.45, 7) is 2.09. The zero-order valence-electron chi connectivity index (χ0n) is 13.9. The van der Waals surface area contributed by atoms with Gasteiger partial charge in [-0.05, 0) is 25.1 Å². The van der Waals surface area contributed by atoms with E-state index in [0.29, 0.717) is 17.9 Å². The maximum atomic E-state index is 12.2. The van der Waals surface area contributed by atoms with Crippen LogP contribution < -0.4 is 16.2 Å². The van der Waals surface area contributed by atoms with E-state index >= 15 is 0 Å². The van der Waals surface area contributed by atoms with E-state index in [1.54, 1.807) is 35.6 Å². The Morgan fingerprint density at radius 2 is 1.88 bits per heavy atom. The van der Waals surface area contributed by atoms with Crippen LogP contribution in [0.4, 0.5) is 11.9 Å². The standard InChI is InChI=1S/C16H16N6O3S/c1-9-19-11(8-26-9)6-24-12-4-2-3-10(5-12)14(23)25-7-13-20-15(17)22-16(18)21-13/h2-5,8H,6-7H2,1H3,(H4,17,18,20,21,22). The minimum atomic E-state index is -0.544. The Labute approximate surface area is 153 Å². The number of benzene rings is 1. The monoisotopic (exact) mass is 372 g/mol. The van der Waals surface area contributed by atoms with Gasteiger partial charge in [-0.25, -0.2) is 9.78 Å². The molecule has 0 saturated heterocycles. The number of rotatable bonds is 6. The Hall–Kier alpha value is -3.27. The van der Waals surface area contributed by atoms with Gasteiger partial charge in [0.2, 0.25) is 11.9 Å². The highest BCUT2D eigenvalue weighted by Crippen LogP contribution is 2.17. The van der Waals surface area contributed by atoms with Crippen LogP contribution in [0.5, 0.6) is 5.75 Å². The molecule has 0 aliphatic carbocycles. The van der Waals surface area contributed by atoms with Crippen molar-refractivity contribution in [1.29, 1.82) is 0 Å². The fourth-order valence-electron chi connectivity index (χ4n) is 2.08. The highest BCUT2D eigenvalue weighted by molar-refractivity contribution is 7.09. The molecule has 1 aromatic carbocycles. The lowest BCUT2D eigenvalue weighted by Gasteiger charge is -2.07. The average Bonchev–Trinajstić information content (AvgIpc) is 3.03. The molecule has 3 aromatic rings. The summed E-state index contributed by atoms with van der Waals surface area (Å²) < 4.78 is 10.8. The molecule has 0 radical (unpaired) electrons. The molecule has 26 heavy (non-hydrogen) atoms. The molecule has 0 amide bonds. The third-order valence-electron chi connectivity index (χ3n) is 3.17. The third-order valence-corrected chi connectivity index (χ3v) is 3.99. The van der Waals surface area contributed by atoms with Gasteiger partial charge in [0.25, 0.3) is 0 Å². The van der Waals surface area contributed by atoms with E-state index in [9.17, 15) is 4.79 Å². The van der Waals surface area contributed by atoms with Gasteiger partial charge in [0.1, 0.15) is 12.4 Å². The summed E-state index contributed by atoms with van der Waals surface area (Å²) in [7, 11) is 0. The number of nitrogen functional groups attached to an aromatic ring is 2. The second kappa shape index (κ2) is 7.74. The fraction of sp³-hybridized carbons (Fsp3) is 0.188. The molecule has 134 valence electrons. The molecule has 2 heterocycles. The molecule has 10 heteroatoms. The molecule has 4 N–H and O–H groups in total. The molecule has 2 aromatic heterocycles. The van der Waals surface area contributed by atoms with Crippen LogP contribution in [0.1, 0.15) is 26.9 Å². The molecule has 0 aliphatic heterocycles. The number of nitrogens with two attached hydrogens (primary N) is 2. The topological polar surface area (TPSA) is 139 Å². The van der Waals surface area contributed by atoms with E-state index in [2.05, 4.69) is 19.9 Å². The van der Waals surface area contributed by atoms with Gasteiger partial charge in [-0.15, -0.1) is 11.3 Å². The normalized spacial score (nSPS) is 10.5. The molecule has 9 nitrogen and oxygen atoms in total. The molecular weight excluding hydrogens is 356 g/mol. The van der Waals surface area contributed by atoms with Crippen LogP contribution in [-0.2, 0) is 18.0 Å². The summed E-state index contributed by atoms with van der Waals surface area (Å²) in [5.74, 6) is 0.110.